The molecule has 0 bridgehead atoms. The molecule has 0 amide bonds. The van der Waals surface area contributed by atoms with Gasteiger partial charge in [0.1, 0.15) is 4.90 Å². The fraction of sp³-hybridized carbons (Fsp3) is 0.600. The van der Waals surface area contributed by atoms with Crippen LogP contribution in [0.3, 0.4) is 0 Å². The summed E-state index contributed by atoms with van der Waals surface area (Å²) in [7, 11) is -3.58. The molecular weight excluding hydrogens is 310 g/mol. The second-order valence-corrected chi connectivity index (χ2v) is 8.40. The van der Waals surface area contributed by atoms with Gasteiger partial charge in [0, 0.05) is 19.0 Å². The fourth-order valence-corrected chi connectivity index (χ4v) is 5.53. The van der Waals surface area contributed by atoms with E-state index in [0.717, 1.165) is 25.7 Å². The van der Waals surface area contributed by atoms with Gasteiger partial charge in [-0.2, -0.15) is 4.31 Å². The average Bonchev–Trinajstić information content (AvgIpc) is 2.46. The van der Waals surface area contributed by atoms with Crippen molar-refractivity contribution >= 4 is 21.6 Å². The van der Waals surface area contributed by atoms with E-state index in [0.29, 0.717) is 19.5 Å². The minimum absolute atomic E-state index is 0.0391. The SMILES string of the molecule is O=S(=O)(c1ccccc1Cl)N1CCC2(O)CCCCC2C1. The van der Waals surface area contributed by atoms with Gasteiger partial charge in [-0.05, 0) is 31.4 Å². The van der Waals surface area contributed by atoms with E-state index in [9.17, 15) is 13.5 Å². The van der Waals surface area contributed by atoms with Crippen molar-refractivity contribution in [2.45, 2.75) is 42.6 Å². The Kier molecular flexibility index (Phi) is 4.03. The first-order valence-corrected chi connectivity index (χ1v) is 9.22. The number of nitrogens with zero attached hydrogens (tertiary/aromatic N) is 1. The normalized spacial score (nSPS) is 30.9. The van der Waals surface area contributed by atoms with Crippen LogP contribution in [0.5, 0.6) is 0 Å². The molecule has 21 heavy (non-hydrogen) atoms. The van der Waals surface area contributed by atoms with Crippen molar-refractivity contribution in [2.24, 2.45) is 5.92 Å². The second-order valence-electron chi connectivity index (χ2n) is 6.09. The quantitative estimate of drug-likeness (QED) is 0.907. The monoisotopic (exact) mass is 329 g/mol. The van der Waals surface area contributed by atoms with E-state index in [4.69, 9.17) is 11.6 Å². The molecule has 1 aliphatic carbocycles. The number of aliphatic hydroxyl groups is 1. The minimum atomic E-state index is -3.58. The van der Waals surface area contributed by atoms with Gasteiger partial charge in [-0.3, -0.25) is 0 Å². The largest absolute Gasteiger partial charge is 0.390 e. The molecule has 1 saturated heterocycles. The van der Waals surface area contributed by atoms with E-state index in [2.05, 4.69) is 0 Å². The summed E-state index contributed by atoms with van der Waals surface area (Å²) in [6.45, 7) is 0.755. The van der Waals surface area contributed by atoms with Crippen molar-refractivity contribution in [2.75, 3.05) is 13.1 Å². The minimum Gasteiger partial charge on any atom is -0.390 e. The first kappa shape index (κ1) is 15.3. The third kappa shape index (κ3) is 2.72. The zero-order valence-electron chi connectivity index (χ0n) is 11.8. The number of fused-ring (bicyclic) bond motifs is 1. The first-order chi connectivity index (χ1) is 9.93. The van der Waals surface area contributed by atoms with E-state index in [1.165, 1.54) is 4.31 Å². The van der Waals surface area contributed by atoms with Crippen LogP contribution in [-0.4, -0.2) is 36.5 Å². The number of benzene rings is 1. The van der Waals surface area contributed by atoms with Crippen molar-refractivity contribution in [3.05, 3.63) is 29.3 Å². The Bertz CT molecular complexity index is 634. The molecule has 116 valence electrons. The average molecular weight is 330 g/mol. The highest BCUT2D eigenvalue weighted by atomic mass is 35.5. The molecule has 3 rings (SSSR count). The molecule has 1 aliphatic heterocycles. The Morgan fingerprint density at radius 1 is 1.24 bits per heavy atom. The summed E-state index contributed by atoms with van der Waals surface area (Å²) in [5.74, 6) is 0.0391. The van der Waals surface area contributed by atoms with Gasteiger partial charge in [-0.25, -0.2) is 8.42 Å². The summed E-state index contributed by atoms with van der Waals surface area (Å²) in [6.07, 6.45) is 4.29. The van der Waals surface area contributed by atoms with Gasteiger partial charge < -0.3 is 5.11 Å². The molecule has 2 aliphatic rings. The van der Waals surface area contributed by atoms with Gasteiger partial charge in [-0.15, -0.1) is 0 Å². The first-order valence-electron chi connectivity index (χ1n) is 7.40. The van der Waals surface area contributed by atoms with Gasteiger partial charge in [0.05, 0.1) is 10.6 Å². The van der Waals surface area contributed by atoms with Gasteiger partial charge >= 0.3 is 0 Å². The van der Waals surface area contributed by atoms with Crippen molar-refractivity contribution in [1.82, 2.24) is 4.31 Å². The summed E-state index contributed by atoms with van der Waals surface area (Å²) in [5.41, 5.74) is -0.676. The summed E-state index contributed by atoms with van der Waals surface area (Å²) >= 11 is 6.04. The third-order valence-corrected chi connectivity index (χ3v) is 7.21. The lowest BCUT2D eigenvalue weighted by Crippen LogP contribution is -2.54. The van der Waals surface area contributed by atoms with Crippen LogP contribution in [0.15, 0.2) is 29.2 Å². The van der Waals surface area contributed by atoms with Crippen LogP contribution >= 0.6 is 11.6 Å². The molecule has 1 saturated carbocycles. The van der Waals surface area contributed by atoms with Crippen LogP contribution in [-0.2, 0) is 10.0 Å². The maximum Gasteiger partial charge on any atom is 0.244 e. The van der Waals surface area contributed by atoms with Crippen LogP contribution in [0.25, 0.3) is 0 Å². The topological polar surface area (TPSA) is 57.6 Å². The number of halogens is 1. The number of hydrogen-bond donors (Lipinski definition) is 1. The molecule has 0 radical (unpaired) electrons. The van der Waals surface area contributed by atoms with Gasteiger partial charge in [0.2, 0.25) is 10.0 Å². The lowest BCUT2D eigenvalue weighted by molar-refractivity contribution is -0.0816. The Labute approximate surface area is 130 Å². The van der Waals surface area contributed by atoms with Crippen molar-refractivity contribution < 1.29 is 13.5 Å². The van der Waals surface area contributed by atoms with Gasteiger partial charge in [-0.1, -0.05) is 36.6 Å². The molecular formula is C15H20ClNO3S. The Morgan fingerprint density at radius 3 is 2.76 bits per heavy atom. The number of rotatable bonds is 2. The zero-order chi connectivity index (χ0) is 15.1. The van der Waals surface area contributed by atoms with Gasteiger partial charge in [0.25, 0.3) is 0 Å². The van der Waals surface area contributed by atoms with Crippen LogP contribution in [0, 0.1) is 5.92 Å². The van der Waals surface area contributed by atoms with Crippen molar-refractivity contribution in [1.29, 1.82) is 0 Å². The Balaban J connectivity index is 1.86. The molecule has 4 nitrogen and oxygen atoms in total. The van der Waals surface area contributed by atoms with E-state index in [-0.39, 0.29) is 15.8 Å². The number of sulfonamides is 1. The summed E-state index contributed by atoms with van der Waals surface area (Å²) in [5, 5.41) is 10.9. The molecule has 6 heteroatoms. The number of hydrogen-bond acceptors (Lipinski definition) is 3. The van der Waals surface area contributed by atoms with E-state index in [1.807, 2.05) is 0 Å². The van der Waals surface area contributed by atoms with Gasteiger partial charge in [0.15, 0.2) is 0 Å². The smallest absolute Gasteiger partial charge is 0.244 e. The fourth-order valence-electron chi connectivity index (χ4n) is 3.55. The molecule has 2 atom stereocenters. The highest BCUT2D eigenvalue weighted by Gasteiger charge is 2.45. The maximum absolute atomic E-state index is 12.7. The third-order valence-electron chi connectivity index (χ3n) is 4.84. The molecule has 1 aromatic rings. The van der Waals surface area contributed by atoms with E-state index in [1.54, 1.807) is 24.3 Å². The Morgan fingerprint density at radius 2 is 2.00 bits per heavy atom. The van der Waals surface area contributed by atoms with E-state index < -0.39 is 15.6 Å². The molecule has 1 heterocycles. The summed E-state index contributed by atoms with van der Waals surface area (Å²) < 4.78 is 27.0. The molecule has 2 unspecified atom stereocenters. The lowest BCUT2D eigenvalue weighted by Gasteiger charge is -2.46. The highest BCUT2D eigenvalue weighted by molar-refractivity contribution is 7.89. The van der Waals surface area contributed by atoms with E-state index >= 15 is 0 Å². The standard InChI is InChI=1S/C15H20ClNO3S/c16-13-6-1-2-7-14(13)21(19,20)17-10-9-15(18)8-4-3-5-12(15)11-17/h1-2,6-7,12,18H,3-5,8-11H2. The summed E-state index contributed by atoms with van der Waals surface area (Å²) in [6, 6.07) is 6.53. The second kappa shape index (κ2) is 5.54. The lowest BCUT2D eigenvalue weighted by atomic mass is 9.72. The van der Waals surface area contributed by atoms with Crippen LogP contribution in [0.4, 0.5) is 0 Å². The molecule has 1 aromatic carbocycles. The predicted octanol–water partition coefficient (Wildman–Crippen LogP) is 2.66. The van der Waals surface area contributed by atoms with Crippen molar-refractivity contribution in [3.8, 4) is 0 Å². The molecule has 0 spiro atoms. The predicted molar refractivity (Wildman–Crippen MR) is 81.7 cm³/mol. The summed E-state index contributed by atoms with van der Waals surface area (Å²) in [4.78, 5) is 0.160. The maximum atomic E-state index is 12.7. The van der Waals surface area contributed by atoms with Crippen LogP contribution in [0.2, 0.25) is 5.02 Å². The molecule has 1 N–H and O–H groups in total. The van der Waals surface area contributed by atoms with Crippen LogP contribution in [0.1, 0.15) is 32.1 Å². The Hall–Kier alpha value is -0.620. The molecule has 2 fully saturated rings. The highest BCUT2D eigenvalue weighted by Crippen LogP contribution is 2.41. The van der Waals surface area contributed by atoms with Crippen LogP contribution < -0.4 is 0 Å². The molecule has 0 aromatic heterocycles. The van der Waals surface area contributed by atoms with Crippen molar-refractivity contribution in [3.63, 3.8) is 0 Å². The number of piperidine rings is 1. The zero-order valence-corrected chi connectivity index (χ0v) is 13.4.